The lowest BCUT2D eigenvalue weighted by Crippen LogP contribution is -2.33. The Hall–Kier alpha value is -2.32. The molecule has 1 aliphatic rings. The zero-order valence-electron chi connectivity index (χ0n) is 11.2. The molecule has 0 bridgehead atoms. The van der Waals surface area contributed by atoms with Crippen molar-refractivity contribution in [2.24, 2.45) is 10.9 Å². The van der Waals surface area contributed by atoms with Gasteiger partial charge < -0.3 is 30.8 Å². The molecule has 5 N–H and O–H groups in total. The van der Waals surface area contributed by atoms with Crippen molar-refractivity contribution in [2.45, 2.75) is 12.2 Å². The summed E-state index contributed by atoms with van der Waals surface area (Å²) in [5.41, 5.74) is 5.96. The van der Waals surface area contributed by atoms with Crippen LogP contribution in [0.15, 0.2) is 29.4 Å². The van der Waals surface area contributed by atoms with Crippen molar-refractivity contribution in [3.63, 3.8) is 0 Å². The predicted octanol–water partition coefficient (Wildman–Crippen LogP) is -1.28. The molecule has 0 spiro atoms. The van der Waals surface area contributed by atoms with Gasteiger partial charge in [-0.15, -0.1) is 0 Å². The van der Waals surface area contributed by atoms with Crippen molar-refractivity contribution in [3.8, 4) is 5.75 Å². The van der Waals surface area contributed by atoms with E-state index in [0.717, 1.165) is 0 Å². The molecule has 0 aromatic heterocycles. The number of nitrogens with two attached hydrogens (primary N) is 1. The maximum absolute atomic E-state index is 11.8. The first-order chi connectivity index (χ1) is 10.0. The molecule has 1 saturated heterocycles. The topological polar surface area (TPSA) is 129 Å². The maximum atomic E-state index is 11.8. The third kappa shape index (κ3) is 3.61. The van der Waals surface area contributed by atoms with Crippen LogP contribution in [-0.4, -0.2) is 64.0 Å². The summed E-state index contributed by atoms with van der Waals surface area (Å²) in [7, 11) is 0. The number of benzene rings is 1. The van der Waals surface area contributed by atoms with Crippen molar-refractivity contribution >= 4 is 11.7 Å². The summed E-state index contributed by atoms with van der Waals surface area (Å²) >= 11 is 0. The van der Waals surface area contributed by atoms with E-state index in [1.165, 1.54) is 4.90 Å². The van der Waals surface area contributed by atoms with Crippen LogP contribution in [-0.2, 0) is 4.79 Å². The van der Waals surface area contributed by atoms with Gasteiger partial charge in [0.15, 0.2) is 12.4 Å². The van der Waals surface area contributed by atoms with E-state index >= 15 is 0 Å². The Balaban J connectivity index is 1.87. The molecule has 1 aromatic carbocycles. The van der Waals surface area contributed by atoms with Crippen LogP contribution >= 0.6 is 0 Å². The molecular formula is C13H17N3O5. The molecule has 1 heterocycles. The Labute approximate surface area is 121 Å². The first-order valence-electron chi connectivity index (χ1n) is 6.36. The summed E-state index contributed by atoms with van der Waals surface area (Å²) in [6.45, 7) is 0.0138. The Kier molecular flexibility index (Phi) is 4.61. The summed E-state index contributed by atoms with van der Waals surface area (Å²) in [6.07, 6.45) is -1.82. The second-order valence-corrected chi connectivity index (χ2v) is 4.73. The average Bonchev–Trinajstić information content (AvgIpc) is 2.84. The Morgan fingerprint density at radius 2 is 1.86 bits per heavy atom. The lowest BCUT2D eigenvalue weighted by atomic mass is 10.2. The average molecular weight is 295 g/mol. The van der Waals surface area contributed by atoms with E-state index in [2.05, 4.69) is 5.16 Å². The van der Waals surface area contributed by atoms with Crippen molar-refractivity contribution in [2.75, 3.05) is 19.7 Å². The summed E-state index contributed by atoms with van der Waals surface area (Å²) < 4.78 is 5.32. The quantitative estimate of drug-likeness (QED) is 0.237. The summed E-state index contributed by atoms with van der Waals surface area (Å²) in [5.74, 6) is 0.127. The first kappa shape index (κ1) is 15.1. The minimum Gasteiger partial charge on any atom is -0.484 e. The molecule has 8 nitrogen and oxygen atoms in total. The van der Waals surface area contributed by atoms with E-state index < -0.39 is 12.2 Å². The smallest absolute Gasteiger partial charge is 0.260 e. The van der Waals surface area contributed by atoms with Crippen molar-refractivity contribution in [3.05, 3.63) is 29.8 Å². The zero-order valence-corrected chi connectivity index (χ0v) is 11.2. The highest BCUT2D eigenvalue weighted by atomic mass is 16.5. The number of aliphatic hydroxyl groups is 2. The van der Waals surface area contributed by atoms with Gasteiger partial charge in [0, 0.05) is 18.7 Å². The van der Waals surface area contributed by atoms with Gasteiger partial charge in [0.05, 0.1) is 12.2 Å². The normalized spacial score (nSPS) is 22.4. The number of rotatable bonds is 4. The van der Waals surface area contributed by atoms with Gasteiger partial charge in [-0.3, -0.25) is 4.79 Å². The number of ether oxygens (including phenoxy) is 1. The molecular weight excluding hydrogens is 278 g/mol. The van der Waals surface area contributed by atoms with Gasteiger partial charge in [-0.25, -0.2) is 0 Å². The highest BCUT2D eigenvalue weighted by molar-refractivity contribution is 5.97. The van der Waals surface area contributed by atoms with Crippen LogP contribution in [0.25, 0.3) is 0 Å². The number of oxime groups is 1. The second kappa shape index (κ2) is 6.42. The minimum atomic E-state index is -0.908. The Bertz CT molecular complexity index is 521. The van der Waals surface area contributed by atoms with Gasteiger partial charge >= 0.3 is 0 Å². The summed E-state index contributed by atoms with van der Waals surface area (Å²) in [6, 6.07) is 6.37. The van der Waals surface area contributed by atoms with Crippen LogP contribution in [0.1, 0.15) is 5.56 Å². The van der Waals surface area contributed by atoms with Gasteiger partial charge in [-0.05, 0) is 24.3 Å². The lowest BCUT2D eigenvalue weighted by molar-refractivity contribution is -0.132. The molecule has 21 heavy (non-hydrogen) atoms. The molecule has 1 amide bonds. The van der Waals surface area contributed by atoms with Crippen LogP contribution < -0.4 is 10.5 Å². The number of amidine groups is 1. The van der Waals surface area contributed by atoms with E-state index in [1.807, 2.05) is 0 Å². The molecule has 0 radical (unpaired) electrons. The Morgan fingerprint density at radius 1 is 1.29 bits per heavy atom. The number of hydrogen-bond donors (Lipinski definition) is 4. The molecule has 2 rings (SSSR count). The molecule has 0 saturated carbocycles. The monoisotopic (exact) mass is 295 g/mol. The molecule has 1 aromatic rings. The number of aliphatic hydroxyl groups excluding tert-OH is 2. The van der Waals surface area contributed by atoms with Crippen molar-refractivity contribution < 1.29 is 25.0 Å². The van der Waals surface area contributed by atoms with Gasteiger partial charge in [0.25, 0.3) is 5.91 Å². The fraction of sp³-hybridized carbons (Fsp3) is 0.385. The van der Waals surface area contributed by atoms with Gasteiger partial charge in [0.2, 0.25) is 0 Å². The van der Waals surface area contributed by atoms with Gasteiger partial charge in [0.1, 0.15) is 5.75 Å². The zero-order chi connectivity index (χ0) is 15.4. The van der Waals surface area contributed by atoms with E-state index in [1.54, 1.807) is 24.3 Å². The van der Waals surface area contributed by atoms with E-state index in [-0.39, 0.29) is 31.4 Å². The first-order valence-corrected chi connectivity index (χ1v) is 6.36. The molecule has 0 aliphatic carbocycles. The van der Waals surface area contributed by atoms with E-state index in [4.69, 9.17) is 15.7 Å². The summed E-state index contributed by atoms with van der Waals surface area (Å²) in [5, 5.41) is 30.2. The van der Waals surface area contributed by atoms with Crippen molar-refractivity contribution in [1.82, 2.24) is 4.90 Å². The molecule has 2 atom stereocenters. The Morgan fingerprint density at radius 3 is 2.38 bits per heavy atom. The minimum absolute atomic E-state index is 0.0160. The van der Waals surface area contributed by atoms with E-state index in [9.17, 15) is 15.0 Å². The molecule has 114 valence electrons. The van der Waals surface area contributed by atoms with Gasteiger partial charge in [-0.2, -0.15) is 0 Å². The third-order valence-electron chi connectivity index (χ3n) is 3.23. The summed E-state index contributed by atoms with van der Waals surface area (Å²) in [4.78, 5) is 13.2. The van der Waals surface area contributed by atoms with Gasteiger partial charge in [-0.1, -0.05) is 5.16 Å². The SMILES string of the molecule is N/C(=N/O)c1ccc(OCC(=O)N2CC(O)C(O)C2)cc1. The van der Waals surface area contributed by atoms with Crippen LogP contribution in [0, 0.1) is 0 Å². The molecule has 2 unspecified atom stereocenters. The van der Waals surface area contributed by atoms with E-state index in [0.29, 0.717) is 11.3 Å². The maximum Gasteiger partial charge on any atom is 0.260 e. The number of carbonyl (C=O) groups is 1. The lowest BCUT2D eigenvalue weighted by Gasteiger charge is -2.15. The largest absolute Gasteiger partial charge is 0.484 e. The number of hydrogen-bond acceptors (Lipinski definition) is 6. The van der Waals surface area contributed by atoms with Crippen LogP contribution in [0.4, 0.5) is 0 Å². The number of β-amino-alcohol motifs (C(OH)–C–C–N with tert-alkyl or cyclic N) is 2. The highest BCUT2D eigenvalue weighted by Crippen LogP contribution is 2.14. The van der Waals surface area contributed by atoms with Crippen LogP contribution in [0.3, 0.4) is 0 Å². The number of nitrogens with zero attached hydrogens (tertiary/aromatic N) is 2. The highest BCUT2D eigenvalue weighted by Gasteiger charge is 2.32. The molecule has 1 aliphatic heterocycles. The second-order valence-electron chi connectivity index (χ2n) is 4.73. The molecule has 8 heteroatoms. The number of likely N-dealkylation sites (tertiary alicyclic amines) is 1. The standard InChI is InChI=1S/C13H17N3O5/c14-13(15-20)8-1-3-9(4-2-8)21-7-12(19)16-5-10(17)11(18)6-16/h1-4,10-11,17-18,20H,5-7H2,(H2,14,15). The third-order valence-corrected chi connectivity index (χ3v) is 3.23. The van der Waals surface area contributed by atoms with Crippen LogP contribution in [0.5, 0.6) is 5.75 Å². The predicted molar refractivity (Wildman–Crippen MR) is 73.0 cm³/mol. The molecule has 1 fully saturated rings. The fourth-order valence-corrected chi connectivity index (χ4v) is 1.99. The van der Waals surface area contributed by atoms with Crippen molar-refractivity contribution in [1.29, 1.82) is 0 Å². The van der Waals surface area contributed by atoms with Crippen LogP contribution in [0.2, 0.25) is 0 Å². The fourth-order valence-electron chi connectivity index (χ4n) is 1.99. The number of amides is 1. The number of carbonyl (C=O) groups excluding carboxylic acids is 1.